The van der Waals surface area contributed by atoms with Crippen LogP contribution in [0.4, 0.5) is 5.82 Å². The molecule has 0 saturated carbocycles. The number of piperidine rings is 1. The molecule has 0 aromatic carbocycles. The standard InChI is InChI=1S/C15H27N5/c1-4-7-16-9-13-10-17-11-15(18-13)20(3)14-6-5-8-19(2)12-14/h10-11,14,16H,4-9,12H2,1-3H3. The van der Waals surface area contributed by atoms with Gasteiger partial charge in [0.1, 0.15) is 5.82 Å². The number of hydrogen-bond acceptors (Lipinski definition) is 5. The third-order valence-corrected chi connectivity index (χ3v) is 3.91. The minimum Gasteiger partial charge on any atom is -0.354 e. The summed E-state index contributed by atoms with van der Waals surface area (Å²) in [7, 11) is 4.33. The van der Waals surface area contributed by atoms with Gasteiger partial charge in [-0.05, 0) is 39.4 Å². The van der Waals surface area contributed by atoms with Crippen LogP contribution >= 0.6 is 0 Å². The fourth-order valence-corrected chi connectivity index (χ4v) is 2.69. The van der Waals surface area contributed by atoms with Crippen molar-refractivity contribution in [1.29, 1.82) is 0 Å². The van der Waals surface area contributed by atoms with Crippen LogP contribution in [-0.4, -0.2) is 54.6 Å². The number of nitrogens with zero attached hydrogens (tertiary/aromatic N) is 4. The quantitative estimate of drug-likeness (QED) is 0.799. The van der Waals surface area contributed by atoms with Crippen molar-refractivity contribution in [3.8, 4) is 0 Å². The molecule has 1 unspecified atom stereocenters. The first kappa shape index (κ1) is 15.2. The van der Waals surface area contributed by atoms with Crippen molar-refractivity contribution in [2.75, 3.05) is 38.6 Å². The minimum absolute atomic E-state index is 0.543. The molecule has 0 aliphatic carbocycles. The smallest absolute Gasteiger partial charge is 0.147 e. The van der Waals surface area contributed by atoms with E-state index in [0.29, 0.717) is 6.04 Å². The average Bonchev–Trinajstić information content (AvgIpc) is 2.47. The molecule has 1 aliphatic rings. The molecule has 112 valence electrons. The predicted molar refractivity (Wildman–Crippen MR) is 83.0 cm³/mol. The molecule has 1 aromatic heterocycles. The Morgan fingerprint density at radius 1 is 1.45 bits per heavy atom. The number of likely N-dealkylation sites (N-methyl/N-ethyl adjacent to an activating group) is 2. The van der Waals surface area contributed by atoms with Gasteiger partial charge in [0.05, 0.1) is 11.9 Å². The van der Waals surface area contributed by atoms with Gasteiger partial charge in [0.25, 0.3) is 0 Å². The summed E-state index contributed by atoms with van der Waals surface area (Å²) in [5, 5.41) is 3.37. The van der Waals surface area contributed by atoms with Crippen LogP contribution in [0.3, 0.4) is 0 Å². The van der Waals surface area contributed by atoms with E-state index in [9.17, 15) is 0 Å². The maximum absolute atomic E-state index is 4.73. The number of likely N-dealkylation sites (tertiary alicyclic amines) is 1. The molecule has 1 aromatic rings. The number of anilines is 1. The van der Waals surface area contributed by atoms with Crippen LogP contribution in [0.5, 0.6) is 0 Å². The lowest BCUT2D eigenvalue weighted by Gasteiger charge is -2.36. The molecule has 0 bridgehead atoms. The molecule has 20 heavy (non-hydrogen) atoms. The Labute approximate surface area is 122 Å². The van der Waals surface area contributed by atoms with E-state index in [1.807, 2.05) is 12.4 Å². The summed E-state index contributed by atoms with van der Waals surface area (Å²) in [5.41, 5.74) is 1.02. The lowest BCUT2D eigenvalue weighted by atomic mass is 10.1. The summed E-state index contributed by atoms with van der Waals surface area (Å²) >= 11 is 0. The normalized spacial score (nSPS) is 20.1. The van der Waals surface area contributed by atoms with Gasteiger partial charge >= 0.3 is 0 Å². The Bertz CT molecular complexity index is 409. The minimum atomic E-state index is 0.543. The van der Waals surface area contributed by atoms with Crippen molar-refractivity contribution in [3.63, 3.8) is 0 Å². The first-order chi connectivity index (χ1) is 9.70. The van der Waals surface area contributed by atoms with Gasteiger partial charge in [-0.3, -0.25) is 4.98 Å². The zero-order chi connectivity index (χ0) is 14.4. The molecule has 1 N–H and O–H groups in total. The van der Waals surface area contributed by atoms with E-state index < -0.39 is 0 Å². The first-order valence-electron chi connectivity index (χ1n) is 7.63. The van der Waals surface area contributed by atoms with Crippen LogP contribution in [0.25, 0.3) is 0 Å². The topological polar surface area (TPSA) is 44.3 Å². The number of aromatic nitrogens is 2. The summed E-state index contributed by atoms with van der Waals surface area (Å²) in [6.45, 7) is 6.30. The molecule has 1 saturated heterocycles. The second-order valence-electron chi connectivity index (χ2n) is 5.71. The fourth-order valence-electron chi connectivity index (χ4n) is 2.69. The van der Waals surface area contributed by atoms with Crippen LogP contribution in [0.2, 0.25) is 0 Å². The van der Waals surface area contributed by atoms with Crippen LogP contribution in [-0.2, 0) is 6.54 Å². The molecule has 0 spiro atoms. The van der Waals surface area contributed by atoms with Crippen LogP contribution in [0, 0.1) is 0 Å². The maximum atomic E-state index is 4.73. The molecule has 1 fully saturated rings. The van der Waals surface area contributed by atoms with Crippen molar-refractivity contribution >= 4 is 5.82 Å². The van der Waals surface area contributed by atoms with Gasteiger partial charge in [0, 0.05) is 32.4 Å². The lowest BCUT2D eigenvalue weighted by Crippen LogP contribution is -2.45. The highest BCUT2D eigenvalue weighted by Crippen LogP contribution is 2.18. The van der Waals surface area contributed by atoms with Crippen molar-refractivity contribution in [2.24, 2.45) is 0 Å². The molecule has 1 atom stereocenters. The van der Waals surface area contributed by atoms with Gasteiger partial charge in [-0.2, -0.15) is 0 Å². The molecule has 2 rings (SSSR count). The van der Waals surface area contributed by atoms with Gasteiger partial charge in [0.15, 0.2) is 0 Å². The SMILES string of the molecule is CCCNCc1cncc(N(C)C2CCCN(C)C2)n1. The highest BCUT2D eigenvalue weighted by molar-refractivity contribution is 5.37. The monoisotopic (exact) mass is 277 g/mol. The van der Waals surface area contributed by atoms with E-state index in [2.05, 4.69) is 41.1 Å². The van der Waals surface area contributed by atoms with Gasteiger partial charge in [-0.1, -0.05) is 6.92 Å². The molecule has 5 nitrogen and oxygen atoms in total. The lowest BCUT2D eigenvalue weighted by molar-refractivity contribution is 0.247. The van der Waals surface area contributed by atoms with E-state index in [-0.39, 0.29) is 0 Å². The maximum Gasteiger partial charge on any atom is 0.147 e. The highest BCUT2D eigenvalue weighted by Gasteiger charge is 2.22. The third kappa shape index (κ3) is 4.15. The van der Waals surface area contributed by atoms with Gasteiger partial charge < -0.3 is 15.1 Å². The van der Waals surface area contributed by atoms with Crippen molar-refractivity contribution < 1.29 is 0 Å². The molecule has 1 aliphatic heterocycles. The Hall–Kier alpha value is -1.20. The van der Waals surface area contributed by atoms with Gasteiger partial charge in [-0.15, -0.1) is 0 Å². The van der Waals surface area contributed by atoms with Crippen molar-refractivity contribution in [1.82, 2.24) is 20.2 Å². The van der Waals surface area contributed by atoms with Gasteiger partial charge in [-0.25, -0.2) is 4.98 Å². The van der Waals surface area contributed by atoms with Crippen molar-refractivity contribution in [2.45, 2.75) is 38.8 Å². The second kappa shape index (κ2) is 7.55. The van der Waals surface area contributed by atoms with Gasteiger partial charge in [0.2, 0.25) is 0 Å². The molecule has 5 heteroatoms. The van der Waals surface area contributed by atoms with E-state index in [1.165, 1.54) is 19.4 Å². The van der Waals surface area contributed by atoms with E-state index >= 15 is 0 Å². The largest absolute Gasteiger partial charge is 0.354 e. The Balaban J connectivity index is 1.98. The summed E-state index contributed by atoms with van der Waals surface area (Å²) in [5.74, 6) is 0.987. The van der Waals surface area contributed by atoms with Crippen LogP contribution in [0.15, 0.2) is 12.4 Å². The molecule has 0 radical (unpaired) electrons. The summed E-state index contributed by atoms with van der Waals surface area (Å²) in [6.07, 6.45) is 7.36. The third-order valence-electron chi connectivity index (χ3n) is 3.91. The zero-order valence-electron chi connectivity index (χ0n) is 13.0. The highest BCUT2D eigenvalue weighted by atomic mass is 15.2. The fraction of sp³-hybridized carbons (Fsp3) is 0.733. The predicted octanol–water partition coefficient (Wildman–Crippen LogP) is 1.51. The Kier molecular flexibility index (Phi) is 5.73. The summed E-state index contributed by atoms with van der Waals surface area (Å²) < 4.78 is 0. The average molecular weight is 277 g/mol. The molecule has 0 amide bonds. The first-order valence-corrected chi connectivity index (χ1v) is 7.63. The number of hydrogen-bond donors (Lipinski definition) is 1. The molecular weight excluding hydrogens is 250 g/mol. The Morgan fingerprint density at radius 2 is 2.30 bits per heavy atom. The second-order valence-corrected chi connectivity index (χ2v) is 5.71. The van der Waals surface area contributed by atoms with E-state index in [1.54, 1.807) is 0 Å². The number of nitrogens with one attached hydrogen (secondary N) is 1. The zero-order valence-corrected chi connectivity index (χ0v) is 13.0. The summed E-state index contributed by atoms with van der Waals surface area (Å²) in [6, 6.07) is 0.543. The van der Waals surface area contributed by atoms with Crippen molar-refractivity contribution in [3.05, 3.63) is 18.1 Å². The van der Waals surface area contributed by atoms with Crippen LogP contribution < -0.4 is 10.2 Å². The summed E-state index contributed by atoms with van der Waals surface area (Å²) in [4.78, 5) is 13.7. The van der Waals surface area contributed by atoms with Crippen LogP contribution in [0.1, 0.15) is 31.9 Å². The Morgan fingerprint density at radius 3 is 3.05 bits per heavy atom. The van der Waals surface area contributed by atoms with E-state index in [0.717, 1.165) is 37.6 Å². The molecular formula is C15H27N5. The number of rotatable bonds is 6. The molecule has 2 heterocycles. The van der Waals surface area contributed by atoms with E-state index in [4.69, 9.17) is 4.98 Å².